The van der Waals surface area contributed by atoms with E-state index in [0.717, 1.165) is 11.1 Å². The summed E-state index contributed by atoms with van der Waals surface area (Å²) in [5, 5.41) is 0. The second kappa shape index (κ2) is 6.37. The summed E-state index contributed by atoms with van der Waals surface area (Å²) in [5.41, 5.74) is 7.30. The minimum Gasteiger partial charge on any atom is -0.368 e. The Labute approximate surface area is 135 Å². The maximum atomic E-state index is 12.4. The second-order valence-electron chi connectivity index (χ2n) is 5.43. The van der Waals surface area contributed by atoms with E-state index in [4.69, 9.17) is 5.73 Å². The number of hydrogen-bond acceptors (Lipinski definition) is 3. The van der Waals surface area contributed by atoms with Gasteiger partial charge in [0.15, 0.2) is 0 Å². The van der Waals surface area contributed by atoms with Gasteiger partial charge in [-0.1, -0.05) is 23.8 Å². The van der Waals surface area contributed by atoms with Crippen LogP contribution >= 0.6 is 0 Å². The van der Waals surface area contributed by atoms with Crippen LogP contribution in [0.3, 0.4) is 0 Å². The Kier molecular flexibility index (Phi) is 4.70. The lowest BCUT2D eigenvalue weighted by atomic mass is 10.2. The smallest absolute Gasteiger partial charge is 0.284 e. The summed E-state index contributed by atoms with van der Waals surface area (Å²) in [6.45, 7) is 5.30. The molecular weight excluding hydrogens is 314 g/mol. The van der Waals surface area contributed by atoms with Gasteiger partial charge in [-0.05, 0) is 44.5 Å². The molecule has 0 aliphatic carbocycles. The molecule has 6 nitrogen and oxygen atoms in total. The molecule has 0 saturated carbocycles. The second-order valence-corrected chi connectivity index (χ2v) is 7.03. The van der Waals surface area contributed by atoms with Gasteiger partial charge in [0, 0.05) is 6.20 Å². The van der Waals surface area contributed by atoms with Crippen LogP contribution < -0.4 is 11.2 Å². The lowest BCUT2D eigenvalue weighted by molar-refractivity contribution is -0.120. The van der Waals surface area contributed by atoms with Crippen LogP contribution in [0.2, 0.25) is 0 Å². The van der Waals surface area contributed by atoms with Crippen molar-refractivity contribution in [1.82, 2.24) is 4.57 Å². The molecule has 1 heterocycles. The summed E-state index contributed by atoms with van der Waals surface area (Å²) in [5.74, 6) is -0.565. The summed E-state index contributed by atoms with van der Waals surface area (Å²) >= 11 is 0. The number of amides is 1. The topological polar surface area (TPSA) is 94.5 Å². The lowest BCUT2D eigenvalue weighted by Crippen LogP contribution is -2.32. The van der Waals surface area contributed by atoms with Crippen LogP contribution in [-0.2, 0) is 14.8 Å². The molecule has 2 rings (SSSR count). The molecule has 0 spiro atoms. The van der Waals surface area contributed by atoms with E-state index < -0.39 is 22.0 Å². The van der Waals surface area contributed by atoms with Crippen molar-refractivity contribution < 1.29 is 13.2 Å². The van der Waals surface area contributed by atoms with Crippen molar-refractivity contribution in [2.45, 2.75) is 31.7 Å². The zero-order chi connectivity index (χ0) is 17.2. The number of nitrogens with two attached hydrogens (primary N) is 1. The summed E-state index contributed by atoms with van der Waals surface area (Å²) in [6, 6.07) is 9.00. The van der Waals surface area contributed by atoms with E-state index in [1.807, 2.05) is 13.8 Å². The summed E-state index contributed by atoms with van der Waals surface area (Å²) in [4.78, 5) is 11.5. The molecule has 0 aliphatic rings. The highest BCUT2D eigenvalue weighted by Crippen LogP contribution is 2.13. The Morgan fingerprint density at radius 3 is 2.22 bits per heavy atom. The molecule has 1 unspecified atom stereocenters. The van der Waals surface area contributed by atoms with Gasteiger partial charge in [-0.3, -0.25) is 4.79 Å². The first-order valence-corrected chi connectivity index (χ1v) is 8.50. The van der Waals surface area contributed by atoms with Gasteiger partial charge in [0.05, 0.1) is 4.90 Å². The Bertz CT molecular complexity index is 897. The first-order valence-electron chi connectivity index (χ1n) is 7.06. The number of pyridine rings is 1. The first-order chi connectivity index (χ1) is 10.7. The van der Waals surface area contributed by atoms with Crippen LogP contribution in [0.5, 0.6) is 0 Å². The van der Waals surface area contributed by atoms with E-state index in [0.29, 0.717) is 0 Å². The molecule has 2 N–H and O–H groups in total. The summed E-state index contributed by atoms with van der Waals surface area (Å²) < 4.78 is 30.2. The van der Waals surface area contributed by atoms with E-state index in [2.05, 4.69) is 4.40 Å². The molecular formula is C16H19N3O3S. The third-order valence-electron chi connectivity index (χ3n) is 3.46. The molecule has 23 heavy (non-hydrogen) atoms. The molecule has 0 radical (unpaired) electrons. The molecule has 122 valence electrons. The van der Waals surface area contributed by atoms with E-state index in [1.54, 1.807) is 37.4 Å². The van der Waals surface area contributed by atoms with Crippen molar-refractivity contribution in [3.05, 3.63) is 59.2 Å². The van der Waals surface area contributed by atoms with E-state index in [9.17, 15) is 13.2 Å². The van der Waals surface area contributed by atoms with Gasteiger partial charge in [0.25, 0.3) is 10.0 Å². The van der Waals surface area contributed by atoms with E-state index >= 15 is 0 Å². The SMILES string of the molecule is Cc1ccc(S(=O)(=O)/N=c2\ccc(C)cn2C(C)C(N)=O)cc1. The van der Waals surface area contributed by atoms with Crippen molar-refractivity contribution in [2.75, 3.05) is 0 Å². The van der Waals surface area contributed by atoms with Gasteiger partial charge >= 0.3 is 0 Å². The fraction of sp³-hybridized carbons (Fsp3) is 0.250. The maximum Gasteiger partial charge on any atom is 0.284 e. The highest BCUT2D eigenvalue weighted by Gasteiger charge is 2.15. The summed E-state index contributed by atoms with van der Waals surface area (Å²) in [7, 11) is -3.87. The average Bonchev–Trinajstić information content (AvgIpc) is 2.48. The largest absolute Gasteiger partial charge is 0.368 e. The lowest BCUT2D eigenvalue weighted by Gasteiger charge is -2.14. The molecule has 0 fully saturated rings. The average molecular weight is 333 g/mol. The van der Waals surface area contributed by atoms with Crippen LogP contribution in [0.25, 0.3) is 0 Å². The molecule has 0 aliphatic heterocycles. The molecule has 1 atom stereocenters. The number of carbonyl (C=O) groups is 1. The highest BCUT2D eigenvalue weighted by molar-refractivity contribution is 7.90. The van der Waals surface area contributed by atoms with Gasteiger partial charge < -0.3 is 10.3 Å². The van der Waals surface area contributed by atoms with Gasteiger partial charge in [-0.25, -0.2) is 0 Å². The van der Waals surface area contributed by atoms with Crippen LogP contribution in [0, 0.1) is 13.8 Å². The van der Waals surface area contributed by atoms with Crippen LogP contribution in [0.15, 0.2) is 51.9 Å². The molecule has 1 aromatic carbocycles. The Balaban J connectivity index is 2.63. The molecule has 1 aromatic heterocycles. The zero-order valence-electron chi connectivity index (χ0n) is 13.2. The predicted molar refractivity (Wildman–Crippen MR) is 87.0 cm³/mol. The minimum atomic E-state index is -3.87. The van der Waals surface area contributed by atoms with Gasteiger partial charge in [0.2, 0.25) is 5.91 Å². The Morgan fingerprint density at radius 2 is 1.65 bits per heavy atom. The minimum absolute atomic E-state index is 0.0990. The first kappa shape index (κ1) is 17.0. The molecule has 0 saturated heterocycles. The highest BCUT2D eigenvalue weighted by atomic mass is 32.2. The Morgan fingerprint density at radius 1 is 1.09 bits per heavy atom. The van der Waals surface area contributed by atoms with Gasteiger partial charge in [-0.15, -0.1) is 4.40 Å². The van der Waals surface area contributed by atoms with E-state index in [-0.39, 0.29) is 10.4 Å². The van der Waals surface area contributed by atoms with Crippen molar-refractivity contribution in [3.63, 3.8) is 0 Å². The fourth-order valence-corrected chi connectivity index (χ4v) is 3.02. The van der Waals surface area contributed by atoms with Crippen molar-refractivity contribution >= 4 is 15.9 Å². The van der Waals surface area contributed by atoms with Crippen LogP contribution in [0.1, 0.15) is 24.1 Å². The van der Waals surface area contributed by atoms with Crippen LogP contribution in [0.4, 0.5) is 0 Å². The number of aryl methyl sites for hydroxylation is 2. The third-order valence-corrected chi connectivity index (χ3v) is 4.76. The molecule has 2 aromatic rings. The number of carbonyl (C=O) groups excluding carboxylic acids is 1. The summed E-state index contributed by atoms with van der Waals surface area (Å²) in [6.07, 6.45) is 1.65. The maximum absolute atomic E-state index is 12.4. The standard InChI is InChI=1S/C16H19N3O3S/c1-11-4-7-14(8-5-11)23(21,22)18-15-9-6-12(2)10-19(15)13(3)16(17)20/h4-10,13H,1-3H3,(H2,17,20)/b18-15+. The number of sulfonamides is 1. The van der Waals surface area contributed by atoms with Crippen LogP contribution in [-0.4, -0.2) is 18.9 Å². The quantitative estimate of drug-likeness (QED) is 0.917. The number of primary amides is 1. The third kappa shape index (κ3) is 3.87. The van der Waals surface area contributed by atoms with Crippen molar-refractivity contribution in [1.29, 1.82) is 0 Å². The molecule has 0 bridgehead atoms. The number of nitrogens with zero attached hydrogens (tertiary/aromatic N) is 2. The van der Waals surface area contributed by atoms with E-state index in [1.165, 1.54) is 16.7 Å². The van der Waals surface area contributed by atoms with Gasteiger partial charge in [0.1, 0.15) is 11.5 Å². The predicted octanol–water partition coefficient (Wildman–Crippen LogP) is 1.44. The zero-order valence-corrected chi connectivity index (χ0v) is 14.0. The van der Waals surface area contributed by atoms with Crippen molar-refractivity contribution in [2.24, 2.45) is 10.1 Å². The normalized spacial score (nSPS) is 13.8. The number of aromatic nitrogens is 1. The van der Waals surface area contributed by atoms with Crippen molar-refractivity contribution in [3.8, 4) is 0 Å². The fourth-order valence-electron chi connectivity index (χ4n) is 2.03. The monoisotopic (exact) mass is 333 g/mol. The van der Waals surface area contributed by atoms with Gasteiger partial charge in [-0.2, -0.15) is 8.42 Å². The number of rotatable bonds is 4. The number of hydrogen-bond donors (Lipinski definition) is 1. The molecule has 1 amide bonds. The Hall–Kier alpha value is -2.41. The molecule has 7 heteroatoms. The number of benzene rings is 1.